The van der Waals surface area contributed by atoms with E-state index in [9.17, 15) is 4.79 Å². The molecule has 2 heterocycles. The molecule has 22 heavy (non-hydrogen) atoms. The zero-order chi connectivity index (χ0) is 15.5. The average Bonchev–Trinajstić information content (AvgIpc) is 3.13. The van der Waals surface area contributed by atoms with Crippen LogP contribution in [0, 0.1) is 0 Å². The van der Waals surface area contributed by atoms with Gasteiger partial charge in [-0.05, 0) is 42.2 Å². The summed E-state index contributed by atoms with van der Waals surface area (Å²) in [5.41, 5.74) is 0.997. The summed E-state index contributed by atoms with van der Waals surface area (Å²) in [6.07, 6.45) is 5.51. The molecular formula is C16H13NO2S3. The second-order valence-electron chi connectivity index (χ2n) is 4.62. The minimum Gasteiger partial charge on any atom is -0.467 e. The maximum Gasteiger partial charge on any atom is 0.266 e. The van der Waals surface area contributed by atoms with E-state index >= 15 is 0 Å². The van der Waals surface area contributed by atoms with Gasteiger partial charge in [0.2, 0.25) is 0 Å². The number of carbonyl (C=O) groups is 1. The highest BCUT2D eigenvalue weighted by atomic mass is 32.2. The van der Waals surface area contributed by atoms with Crippen LogP contribution in [0.15, 0.2) is 56.9 Å². The van der Waals surface area contributed by atoms with Crippen molar-refractivity contribution in [3.05, 3.63) is 58.9 Å². The van der Waals surface area contributed by atoms with Crippen LogP contribution in [0.1, 0.15) is 11.3 Å². The molecule has 1 aromatic heterocycles. The Morgan fingerprint density at radius 2 is 2.09 bits per heavy atom. The quantitative estimate of drug-likeness (QED) is 0.465. The minimum atomic E-state index is -0.0691. The highest BCUT2D eigenvalue weighted by Gasteiger charge is 2.32. The fourth-order valence-electron chi connectivity index (χ4n) is 2.05. The molecule has 0 saturated carbocycles. The van der Waals surface area contributed by atoms with E-state index in [0.717, 1.165) is 11.3 Å². The lowest BCUT2D eigenvalue weighted by Crippen LogP contribution is -2.27. The SMILES string of the molecule is CSc1ccc(C=C2SC(=S)N(Cc3ccco3)C2=O)cc1. The van der Waals surface area contributed by atoms with E-state index in [2.05, 4.69) is 0 Å². The third kappa shape index (κ3) is 3.29. The van der Waals surface area contributed by atoms with Gasteiger partial charge in [-0.2, -0.15) is 0 Å². The first-order chi connectivity index (χ1) is 10.7. The summed E-state index contributed by atoms with van der Waals surface area (Å²) in [5.74, 6) is 0.655. The molecule has 0 spiro atoms. The molecule has 0 unspecified atom stereocenters. The Balaban J connectivity index is 1.78. The number of furan rings is 1. The van der Waals surface area contributed by atoms with Crippen LogP contribution in [0.3, 0.4) is 0 Å². The molecule has 6 heteroatoms. The van der Waals surface area contributed by atoms with E-state index in [1.54, 1.807) is 29.0 Å². The maximum absolute atomic E-state index is 12.5. The summed E-state index contributed by atoms with van der Waals surface area (Å²) in [5, 5.41) is 0. The lowest BCUT2D eigenvalue weighted by molar-refractivity contribution is -0.122. The first-order valence-corrected chi connectivity index (χ1v) is 9.04. The van der Waals surface area contributed by atoms with E-state index in [1.165, 1.54) is 16.7 Å². The molecule has 0 atom stereocenters. The van der Waals surface area contributed by atoms with Crippen LogP contribution in [-0.2, 0) is 11.3 Å². The average molecular weight is 347 g/mol. The number of nitrogens with zero attached hydrogens (tertiary/aromatic N) is 1. The van der Waals surface area contributed by atoms with E-state index in [4.69, 9.17) is 16.6 Å². The van der Waals surface area contributed by atoms with E-state index < -0.39 is 0 Å². The number of hydrogen-bond acceptors (Lipinski definition) is 5. The second kappa shape index (κ2) is 6.73. The normalized spacial score (nSPS) is 16.8. The van der Waals surface area contributed by atoms with Crippen molar-refractivity contribution in [2.45, 2.75) is 11.4 Å². The van der Waals surface area contributed by atoms with Gasteiger partial charge < -0.3 is 4.42 Å². The molecular weight excluding hydrogens is 334 g/mol. The van der Waals surface area contributed by atoms with Crippen LogP contribution in [0.4, 0.5) is 0 Å². The van der Waals surface area contributed by atoms with E-state index in [1.807, 2.05) is 42.7 Å². The number of rotatable bonds is 4. The Morgan fingerprint density at radius 1 is 1.32 bits per heavy atom. The van der Waals surface area contributed by atoms with Crippen molar-refractivity contribution in [2.24, 2.45) is 0 Å². The van der Waals surface area contributed by atoms with Crippen molar-refractivity contribution in [2.75, 3.05) is 6.26 Å². The summed E-state index contributed by atoms with van der Waals surface area (Å²) in [4.78, 5) is 15.9. The molecule has 1 aliphatic rings. The van der Waals surface area contributed by atoms with Crippen molar-refractivity contribution in [3.63, 3.8) is 0 Å². The number of thiocarbonyl (C=S) groups is 1. The molecule has 0 aliphatic carbocycles. The third-order valence-electron chi connectivity index (χ3n) is 3.18. The van der Waals surface area contributed by atoms with Crippen LogP contribution in [0.2, 0.25) is 0 Å². The van der Waals surface area contributed by atoms with E-state index in [-0.39, 0.29) is 5.91 Å². The number of hydrogen-bond donors (Lipinski definition) is 0. The molecule has 0 bridgehead atoms. The largest absolute Gasteiger partial charge is 0.467 e. The van der Waals surface area contributed by atoms with Gasteiger partial charge in [-0.1, -0.05) is 36.1 Å². The first-order valence-electron chi connectivity index (χ1n) is 6.59. The van der Waals surface area contributed by atoms with Crippen molar-refractivity contribution in [3.8, 4) is 0 Å². The Labute approximate surface area is 142 Å². The second-order valence-corrected chi connectivity index (χ2v) is 7.18. The number of benzene rings is 1. The molecule has 3 nitrogen and oxygen atoms in total. The van der Waals surface area contributed by atoms with Crippen LogP contribution < -0.4 is 0 Å². The molecule has 3 rings (SSSR count). The monoisotopic (exact) mass is 347 g/mol. The van der Waals surface area contributed by atoms with Gasteiger partial charge in [-0.3, -0.25) is 9.69 Å². The Bertz CT molecular complexity index is 720. The van der Waals surface area contributed by atoms with Crippen molar-refractivity contribution >= 4 is 52.0 Å². The molecule has 2 aromatic rings. The van der Waals surface area contributed by atoms with Crippen LogP contribution >= 0.6 is 35.7 Å². The Kier molecular flexibility index (Phi) is 4.71. The van der Waals surface area contributed by atoms with Gasteiger partial charge in [-0.25, -0.2) is 0 Å². The predicted molar refractivity (Wildman–Crippen MR) is 95.6 cm³/mol. The van der Waals surface area contributed by atoms with E-state index in [0.29, 0.717) is 15.8 Å². The molecule has 0 N–H and O–H groups in total. The van der Waals surface area contributed by atoms with Crippen molar-refractivity contribution in [1.82, 2.24) is 4.90 Å². The standard InChI is InChI=1S/C16H13NO2S3/c1-21-13-6-4-11(5-7-13)9-14-15(18)17(16(20)22-14)10-12-3-2-8-19-12/h2-9H,10H2,1H3. The minimum absolute atomic E-state index is 0.0691. The van der Waals surface area contributed by atoms with Crippen molar-refractivity contribution in [1.29, 1.82) is 0 Å². The van der Waals surface area contributed by atoms with Gasteiger partial charge in [0.15, 0.2) is 0 Å². The number of amides is 1. The topological polar surface area (TPSA) is 33.5 Å². The molecule has 1 aliphatic heterocycles. The van der Waals surface area contributed by atoms with Crippen LogP contribution in [0.25, 0.3) is 6.08 Å². The van der Waals surface area contributed by atoms with Gasteiger partial charge in [-0.15, -0.1) is 11.8 Å². The summed E-state index contributed by atoms with van der Waals surface area (Å²) in [7, 11) is 0. The van der Waals surface area contributed by atoms with Gasteiger partial charge in [0.25, 0.3) is 5.91 Å². The number of carbonyl (C=O) groups excluding carboxylic acids is 1. The molecule has 1 aromatic carbocycles. The van der Waals surface area contributed by atoms with Gasteiger partial charge in [0.05, 0.1) is 17.7 Å². The maximum atomic E-state index is 12.5. The van der Waals surface area contributed by atoms with Crippen molar-refractivity contribution < 1.29 is 9.21 Å². The highest BCUT2D eigenvalue weighted by molar-refractivity contribution is 8.26. The lowest BCUT2D eigenvalue weighted by Gasteiger charge is -2.11. The van der Waals surface area contributed by atoms with Crippen LogP contribution in [-0.4, -0.2) is 21.4 Å². The number of thioether (sulfide) groups is 2. The van der Waals surface area contributed by atoms with Gasteiger partial charge in [0, 0.05) is 4.90 Å². The van der Waals surface area contributed by atoms with Gasteiger partial charge >= 0.3 is 0 Å². The van der Waals surface area contributed by atoms with Gasteiger partial charge in [0.1, 0.15) is 10.1 Å². The molecule has 1 fully saturated rings. The summed E-state index contributed by atoms with van der Waals surface area (Å²) < 4.78 is 5.85. The fraction of sp³-hybridized carbons (Fsp3) is 0.125. The fourth-order valence-corrected chi connectivity index (χ4v) is 3.71. The molecule has 112 valence electrons. The summed E-state index contributed by atoms with van der Waals surface area (Å²) in [6, 6.07) is 11.7. The lowest BCUT2D eigenvalue weighted by atomic mass is 10.2. The molecule has 1 saturated heterocycles. The zero-order valence-electron chi connectivity index (χ0n) is 11.8. The van der Waals surface area contributed by atoms with Crippen LogP contribution in [0.5, 0.6) is 0 Å². The Hall–Kier alpha value is -1.50. The molecule has 1 amide bonds. The molecule has 0 radical (unpaired) electrons. The summed E-state index contributed by atoms with van der Waals surface area (Å²) in [6.45, 7) is 0.375. The predicted octanol–water partition coefficient (Wildman–Crippen LogP) is 4.40. The first kappa shape index (κ1) is 15.4. The smallest absolute Gasteiger partial charge is 0.266 e. The zero-order valence-corrected chi connectivity index (χ0v) is 14.3. The Morgan fingerprint density at radius 3 is 2.73 bits per heavy atom. The summed E-state index contributed by atoms with van der Waals surface area (Å²) >= 11 is 8.33. The third-order valence-corrected chi connectivity index (χ3v) is 5.30. The highest BCUT2D eigenvalue weighted by Crippen LogP contribution is 2.33.